The molecule has 5 nitrogen and oxygen atoms in total. The molecule has 2 rings (SSSR count). The third-order valence-corrected chi connectivity index (χ3v) is 3.46. The molecule has 21 heavy (non-hydrogen) atoms. The van der Waals surface area contributed by atoms with E-state index in [1.54, 1.807) is 7.05 Å². The molecule has 1 aromatic carbocycles. The van der Waals surface area contributed by atoms with Gasteiger partial charge in [0.1, 0.15) is 0 Å². The van der Waals surface area contributed by atoms with Gasteiger partial charge in [-0.05, 0) is 5.56 Å². The molecule has 116 valence electrons. The van der Waals surface area contributed by atoms with E-state index in [9.17, 15) is 0 Å². The summed E-state index contributed by atoms with van der Waals surface area (Å²) >= 11 is 0. The molecule has 1 aliphatic rings. The van der Waals surface area contributed by atoms with Crippen molar-refractivity contribution in [2.75, 3.05) is 40.0 Å². The summed E-state index contributed by atoms with van der Waals surface area (Å²) in [5.74, 6) is 0.812. The van der Waals surface area contributed by atoms with Crippen molar-refractivity contribution in [2.24, 2.45) is 10.4 Å². The first-order valence-corrected chi connectivity index (χ1v) is 7.36. The molecular weight excluding hydrogens is 266 g/mol. The van der Waals surface area contributed by atoms with Crippen LogP contribution in [0.5, 0.6) is 0 Å². The lowest BCUT2D eigenvalue weighted by Gasteiger charge is -2.38. The van der Waals surface area contributed by atoms with Crippen LogP contribution in [0.1, 0.15) is 12.5 Å². The molecule has 0 atom stereocenters. The Kier molecular flexibility index (Phi) is 6.02. The highest BCUT2D eigenvalue weighted by atomic mass is 16.5. The molecule has 2 N–H and O–H groups in total. The summed E-state index contributed by atoms with van der Waals surface area (Å²) in [5.41, 5.74) is 1.43. The topological polar surface area (TPSA) is 54.9 Å². The fraction of sp³-hybridized carbons (Fsp3) is 0.562. The highest BCUT2D eigenvalue weighted by Crippen LogP contribution is 2.24. The molecule has 5 heteroatoms. The smallest absolute Gasteiger partial charge is 0.191 e. The van der Waals surface area contributed by atoms with Crippen LogP contribution in [0.15, 0.2) is 35.3 Å². The Balaban J connectivity index is 1.56. The van der Waals surface area contributed by atoms with Crippen LogP contribution in [0, 0.1) is 5.41 Å². The maximum absolute atomic E-state index is 5.63. The zero-order valence-corrected chi connectivity index (χ0v) is 12.9. The summed E-state index contributed by atoms with van der Waals surface area (Å²) in [4.78, 5) is 4.20. The van der Waals surface area contributed by atoms with E-state index in [0.717, 1.165) is 32.3 Å². The van der Waals surface area contributed by atoms with Crippen LogP contribution in [0.25, 0.3) is 0 Å². The standard InChI is InChI=1S/C16H25N3O2/c1-16(12-21-13-16)11-19-15(17-2)18-8-9-20-10-14-6-4-3-5-7-14/h3-7H,8-13H2,1-2H3,(H2,17,18,19). The van der Waals surface area contributed by atoms with Crippen molar-refractivity contribution in [2.45, 2.75) is 13.5 Å². The highest BCUT2D eigenvalue weighted by molar-refractivity contribution is 5.79. The van der Waals surface area contributed by atoms with Gasteiger partial charge in [0.25, 0.3) is 0 Å². The number of nitrogens with zero attached hydrogens (tertiary/aromatic N) is 1. The second kappa shape index (κ2) is 8.00. The average molecular weight is 291 g/mol. The number of benzene rings is 1. The molecule has 0 aliphatic carbocycles. The van der Waals surface area contributed by atoms with Gasteiger partial charge in [0.15, 0.2) is 5.96 Å². The third kappa shape index (κ3) is 5.36. The van der Waals surface area contributed by atoms with E-state index in [-0.39, 0.29) is 5.41 Å². The molecule has 0 unspecified atom stereocenters. The van der Waals surface area contributed by atoms with E-state index in [1.165, 1.54) is 5.56 Å². The van der Waals surface area contributed by atoms with Crippen LogP contribution < -0.4 is 10.6 Å². The Hall–Kier alpha value is -1.59. The predicted molar refractivity (Wildman–Crippen MR) is 84.4 cm³/mol. The zero-order valence-electron chi connectivity index (χ0n) is 12.9. The van der Waals surface area contributed by atoms with Crippen LogP contribution in [-0.2, 0) is 16.1 Å². The first-order valence-electron chi connectivity index (χ1n) is 7.36. The van der Waals surface area contributed by atoms with Gasteiger partial charge in [0, 0.05) is 25.6 Å². The van der Waals surface area contributed by atoms with E-state index < -0.39 is 0 Å². The summed E-state index contributed by atoms with van der Waals surface area (Å²) in [6, 6.07) is 10.2. The maximum atomic E-state index is 5.63. The molecule has 0 spiro atoms. The molecule has 0 radical (unpaired) electrons. The van der Waals surface area contributed by atoms with Crippen LogP contribution in [0.4, 0.5) is 0 Å². The largest absolute Gasteiger partial charge is 0.380 e. The molecule has 1 saturated heterocycles. The monoisotopic (exact) mass is 291 g/mol. The first-order chi connectivity index (χ1) is 10.2. The van der Waals surface area contributed by atoms with E-state index in [2.05, 4.69) is 34.7 Å². The summed E-state index contributed by atoms with van der Waals surface area (Å²) in [7, 11) is 1.78. The van der Waals surface area contributed by atoms with Crippen molar-refractivity contribution in [1.29, 1.82) is 0 Å². The molecular formula is C16H25N3O2. The minimum Gasteiger partial charge on any atom is -0.380 e. The number of hydrogen-bond acceptors (Lipinski definition) is 3. The van der Waals surface area contributed by atoms with Gasteiger partial charge in [-0.3, -0.25) is 4.99 Å². The van der Waals surface area contributed by atoms with Crippen molar-refractivity contribution in [1.82, 2.24) is 10.6 Å². The van der Waals surface area contributed by atoms with Crippen LogP contribution in [0.3, 0.4) is 0 Å². The van der Waals surface area contributed by atoms with Crippen molar-refractivity contribution >= 4 is 5.96 Å². The summed E-state index contributed by atoms with van der Waals surface area (Å²) < 4.78 is 10.9. The number of aliphatic imine (C=N–C) groups is 1. The second-order valence-corrected chi connectivity index (χ2v) is 5.69. The Bertz CT molecular complexity index is 444. The van der Waals surface area contributed by atoms with E-state index in [0.29, 0.717) is 13.2 Å². The van der Waals surface area contributed by atoms with Gasteiger partial charge >= 0.3 is 0 Å². The van der Waals surface area contributed by atoms with Gasteiger partial charge in [0.05, 0.1) is 26.4 Å². The third-order valence-electron chi connectivity index (χ3n) is 3.46. The van der Waals surface area contributed by atoms with Gasteiger partial charge in [-0.25, -0.2) is 0 Å². The quantitative estimate of drug-likeness (QED) is 0.453. The summed E-state index contributed by atoms with van der Waals surface area (Å²) in [5, 5.41) is 6.57. The van der Waals surface area contributed by atoms with E-state index in [4.69, 9.17) is 9.47 Å². The zero-order chi connectivity index (χ0) is 15.0. The first kappa shape index (κ1) is 15.8. The van der Waals surface area contributed by atoms with E-state index >= 15 is 0 Å². The Morgan fingerprint density at radius 3 is 2.67 bits per heavy atom. The van der Waals surface area contributed by atoms with Crippen LogP contribution >= 0.6 is 0 Å². The van der Waals surface area contributed by atoms with Gasteiger partial charge in [-0.2, -0.15) is 0 Å². The fourth-order valence-electron chi connectivity index (χ4n) is 2.08. The summed E-state index contributed by atoms with van der Waals surface area (Å²) in [6.45, 7) is 6.74. The van der Waals surface area contributed by atoms with Crippen molar-refractivity contribution in [3.05, 3.63) is 35.9 Å². The van der Waals surface area contributed by atoms with E-state index in [1.807, 2.05) is 18.2 Å². The van der Waals surface area contributed by atoms with Gasteiger partial charge in [0.2, 0.25) is 0 Å². The predicted octanol–water partition coefficient (Wildman–Crippen LogP) is 1.40. The lowest BCUT2D eigenvalue weighted by molar-refractivity contribution is -0.0971. The fourth-order valence-corrected chi connectivity index (χ4v) is 2.08. The number of guanidine groups is 1. The van der Waals surface area contributed by atoms with Crippen LogP contribution in [0.2, 0.25) is 0 Å². The van der Waals surface area contributed by atoms with Crippen molar-refractivity contribution < 1.29 is 9.47 Å². The Morgan fingerprint density at radius 2 is 2.05 bits per heavy atom. The highest BCUT2D eigenvalue weighted by Gasteiger charge is 2.33. The minimum absolute atomic E-state index is 0.238. The number of nitrogens with one attached hydrogen (secondary N) is 2. The van der Waals surface area contributed by atoms with Gasteiger partial charge in [-0.15, -0.1) is 0 Å². The molecule has 0 amide bonds. The van der Waals surface area contributed by atoms with Crippen molar-refractivity contribution in [3.8, 4) is 0 Å². The van der Waals surface area contributed by atoms with Gasteiger partial charge < -0.3 is 20.1 Å². The molecule has 1 aromatic rings. The molecule has 1 heterocycles. The molecule has 0 aromatic heterocycles. The van der Waals surface area contributed by atoms with Crippen LogP contribution in [-0.4, -0.2) is 45.9 Å². The SMILES string of the molecule is CN=C(NCCOCc1ccccc1)NCC1(C)COC1. The number of rotatable bonds is 7. The Labute approximate surface area is 126 Å². The number of hydrogen-bond donors (Lipinski definition) is 2. The average Bonchev–Trinajstić information content (AvgIpc) is 2.49. The normalized spacial score (nSPS) is 17.1. The molecule has 1 fully saturated rings. The lowest BCUT2D eigenvalue weighted by atomic mass is 9.89. The maximum Gasteiger partial charge on any atom is 0.191 e. The molecule has 0 bridgehead atoms. The molecule has 1 aliphatic heterocycles. The summed E-state index contributed by atoms with van der Waals surface area (Å²) in [6.07, 6.45) is 0. The minimum atomic E-state index is 0.238. The number of ether oxygens (including phenoxy) is 2. The molecule has 0 saturated carbocycles. The Morgan fingerprint density at radius 1 is 1.29 bits per heavy atom. The van der Waals surface area contributed by atoms with Gasteiger partial charge in [-0.1, -0.05) is 37.3 Å². The lowest BCUT2D eigenvalue weighted by Crippen LogP contribution is -2.51. The van der Waals surface area contributed by atoms with Crippen molar-refractivity contribution in [3.63, 3.8) is 0 Å². The second-order valence-electron chi connectivity index (χ2n) is 5.69.